The number of carboxylic acid groups (broad SMARTS) is 1. The molecular weight excluding hydrogens is 245 g/mol. The number of halogens is 1. The van der Waals surface area contributed by atoms with Crippen LogP contribution in [-0.2, 0) is 11.2 Å². The van der Waals surface area contributed by atoms with Crippen molar-refractivity contribution in [1.82, 2.24) is 4.90 Å². The number of piperidine rings is 1. The summed E-state index contributed by atoms with van der Waals surface area (Å²) in [5.41, 5.74) is 1.16. The van der Waals surface area contributed by atoms with Crippen molar-refractivity contribution in [2.75, 3.05) is 13.1 Å². The molecule has 1 aliphatic heterocycles. The molecule has 1 heterocycles. The first kappa shape index (κ1) is 14.0. The molecule has 1 atom stereocenters. The molecule has 3 nitrogen and oxygen atoms in total. The number of hydrogen-bond acceptors (Lipinski definition) is 2. The Labute approximate surface area is 113 Å². The summed E-state index contributed by atoms with van der Waals surface area (Å²) in [6, 6.07) is 6.27. The average Bonchev–Trinajstić information content (AvgIpc) is 2.41. The van der Waals surface area contributed by atoms with Crippen molar-refractivity contribution >= 4 is 5.97 Å². The Morgan fingerprint density at radius 2 is 1.95 bits per heavy atom. The molecule has 0 radical (unpaired) electrons. The quantitative estimate of drug-likeness (QED) is 0.909. The molecule has 1 unspecified atom stereocenters. The molecule has 0 amide bonds. The van der Waals surface area contributed by atoms with E-state index in [-0.39, 0.29) is 5.82 Å². The molecule has 104 valence electrons. The second kappa shape index (κ2) is 6.15. The van der Waals surface area contributed by atoms with Gasteiger partial charge in [-0.1, -0.05) is 12.1 Å². The molecule has 1 aromatic carbocycles. The Morgan fingerprint density at radius 1 is 1.37 bits per heavy atom. The van der Waals surface area contributed by atoms with E-state index in [1.165, 1.54) is 12.1 Å². The summed E-state index contributed by atoms with van der Waals surface area (Å²) >= 11 is 0. The van der Waals surface area contributed by atoms with E-state index in [1.807, 2.05) is 17.0 Å². The zero-order chi connectivity index (χ0) is 13.8. The van der Waals surface area contributed by atoms with E-state index in [0.29, 0.717) is 5.92 Å². The SMILES string of the molecule is CC(C(=O)O)N1CCC(Cc2ccc(F)cc2)CC1. The van der Waals surface area contributed by atoms with Crippen LogP contribution in [0.25, 0.3) is 0 Å². The second-order valence-electron chi connectivity index (χ2n) is 5.32. The standard InChI is InChI=1S/C15H20FNO2/c1-11(15(18)19)17-8-6-13(7-9-17)10-12-2-4-14(16)5-3-12/h2-5,11,13H,6-10H2,1H3,(H,18,19). The van der Waals surface area contributed by atoms with Crippen LogP contribution in [0.1, 0.15) is 25.3 Å². The lowest BCUT2D eigenvalue weighted by Crippen LogP contribution is -2.44. The van der Waals surface area contributed by atoms with Crippen LogP contribution >= 0.6 is 0 Å². The first-order valence-electron chi connectivity index (χ1n) is 6.77. The van der Waals surface area contributed by atoms with Crippen LogP contribution in [0.4, 0.5) is 4.39 Å². The predicted octanol–water partition coefficient (Wildman–Crippen LogP) is 2.55. The van der Waals surface area contributed by atoms with E-state index in [2.05, 4.69) is 0 Å². The van der Waals surface area contributed by atoms with Crippen LogP contribution in [0.3, 0.4) is 0 Å². The summed E-state index contributed by atoms with van der Waals surface area (Å²) in [6.45, 7) is 3.40. The summed E-state index contributed by atoms with van der Waals surface area (Å²) in [5, 5.41) is 8.98. The lowest BCUT2D eigenvalue weighted by Gasteiger charge is -2.34. The third-order valence-electron chi connectivity index (χ3n) is 3.99. The van der Waals surface area contributed by atoms with Crippen molar-refractivity contribution in [2.24, 2.45) is 5.92 Å². The Balaban J connectivity index is 1.83. The normalized spacial score (nSPS) is 19.3. The van der Waals surface area contributed by atoms with Gasteiger partial charge in [0.2, 0.25) is 0 Å². The summed E-state index contributed by atoms with van der Waals surface area (Å²) in [7, 11) is 0. The molecule has 0 aliphatic carbocycles. The van der Waals surface area contributed by atoms with Crippen LogP contribution < -0.4 is 0 Å². The fourth-order valence-corrected chi connectivity index (χ4v) is 2.65. The minimum Gasteiger partial charge on any atom is -0.480 e. The number of aliphatic carboxylic acids is 1. The maximum absolute atomic E-state index is 12.8. The molecule has 4 heteroatoms. The fourth-order valence-electron chi connectivity index (χ4n) is 2.65. The number of benzene rings is 1. The highest BCUT2D eigenvalue weighted by Gasteiger charge is 2.26. The monoisotopic (exact) mass is 265 g/mol. The summed E-state index contributed by atoms with van der Waals surface area (Å²) in [5.74, 6) is -0.381. The van der Waals surface area contributed by atoms with Crippen LogP contribution in [0.2, 0.25) is 0 Å². The highest BCUT2D eigenvalue weighted by atomic mass is 19.1. The number of carboxylic acids is 1. The van der Waals surface area contributed by atoms with Gasteiger partial charge in [-0.05, 0) is 62.9 Å². The first-order chi connectivity index (χ1) is 9.06. The van der Waals surface area contributed by atoms with Crippen LogP contribution in [0.15, 0.2) is 24.3 Å². The van der Waals surface area contributed by atoms with Crippen LogP contribution in [-0.4, -0.2) is 35.1 Å². The number of hydrogen-bond donors (Lipinski definition) is 1. The molecule has 19 heavy (non-hydrogen) atoms. The first-order valence-corrected chi connectivity index (χ1v) is 6.77. The largest absolute Gasteiger partial charge is 0.480 e. The summed E-state index contributed by atoms with van der Waals surface area (Å²) in [6.07, 6.45) is 2.97. The van der Waals surface area contributed by atoms with Crippen molar-refractivity contribution in [1.29, 1.82) is 0 Å². The van der Waals surface area contributed by atoms with Gasteiger partial charge in [0.05, 0.1) is 0 Å². The van der Waals surface area contributed by atoms with Crippen molar-refractivity contribution in [3.05, 3.63) is 35.6 Å². The number of carbonyl (C=O) groups is 1. The Hall–Kier alpha value is -1.42. The molecule has 1 aromatic rings. The van der Waals surface area contributed by atoms with Gasteiger partial charge in [-0.2, -0.15) is 0 Å². The van der Waals surface area contributed by atoms with Crippen molar-refractivity contribution in [3.63, 3.8) is 0 Å². The Bertz CT molecular complexity index is 424. The molecule has 0 aromatic heterocycles. The third-order valence-corrected chi connectivity index (χ3v) is 3.99. The van der Waals surface area contributed by atoms with Gasteiger partial charge in [0.1, 0.15) is 11.9 Å². The molecule has 0 saturated carbocycles. The molecule has 0 spiro atoms. The molecule has 0 bridgehead atoms. The van der Waals surface area contributed by atoms with Crippen molar-refractivity contribution in [3.8, 4) is 0 Å². The number of likely N-dealkylation sites (tertiary alicyclic amines) is 1. The molecular formula is C15H20FNO2. The zero-order valence-electron chi connectivity index (χ0n) is 11.2. The second-order valence-corrected chi connectivity index (χ2v) is 5.32. The van der Waals surface area contributed by atoms with Crippen molar-refractivity contribution in [2.45, 2.75) is 32.2 Å². The number of rotatable bonds is 4. The molecule has 1 N–H and O–H groups in total. The lowest BCUT2D eigenvalue weighted by atomic mass is 9.89. The Morgan fingerprint density at radius 3 is 2.47 bits per heavy atom. The molecule has 1 saturated heterocycles. The smallest absolute Gasteiger partial charge is 0.320 e. The van der Waals surface area contributed by atoms with Crippen LogP contribution in [0, 0.1) is 11.7 Å². The number of nitrogens with zero attached hydrogens (tertiary/aromatic N) is 1. The van der Waals surface area contributed by atoms with Gasteiger partial charge in [-0.3, -0.25) is 9.69 Å². The van der Waals surface area contributed by atoms with Gasteiger partial charge in [-0.25, -0.2) is 4.39 Å². The van der Waals surface area contributed by atoms with Gasteiger partial charge >= 0.3 is 5.97 Å². The summed E-state index contributed by atoms with van der Waals surface area (Å²) < 4.78 is 12.8. The van der Waals surface area contributed by atoms with Crippen molar-refractivity contribution < 1.29 is 14.3 Å². The maximum atomic E-state index is 12.8. The zero-order valence-corrected chi connectivity index (χ0v) is 11.2. The van der Waals surface area contributed by atoms with Crippen LogP contribution in [0.5, 0.6) is 0 Å². The topological polar surface area (TPSA) is 40.5 Å². The van der Waals surface area contributed by atoms with E-state index >= 15 is 0 Å². The summed E-state index contributed by atoms with van der Waals surface area (Å²) in [4.78, 5) is 12.9. The minimum absolute atomic E-state index is 0.200. The van der Waals surface area contributed by atoms with E-state index in [4.69, 9.17) is 5.11 Å². The minimum atomic E-state index is -0.753. The maximum Gasteiger partial charge on any atom is 0.320 e. The highest BCUT2D eigenvalue weighted by Crippen LogP contribution is 2.23. The Kier molecular flexibility index (Phi) is 4.53. The third kappa shape index (κ3) is 3.77. The van der Waals surface area contributed by atoms with Gasteiger partial charge in [0.15, 0.2) is 0 Å². The molecule has 1 aliphatic rings. The fraction of sp³-hybridized carbons (Fsp3) is 0.533. The van der Waals surface area contributed by atoms with Gasteiger partial charge in [0.25, 0.3) is 0 Å². The molecule has 2 rings (SSSR count). The van der Waals surface area contributed by atoms with E-state index in [1.54, 1.807) is 6.92 Å². The van der Waals surface area contributed by atoms with Gasteiger partial charge < -0.3 is 5.11 Å². The average molecular weight is 265 g/mol. The van der Waals surface area contributed by atoms with Gasteiger partial charge in [-0.15, -0.1) is 0 Å². The highest BCUT2D eigenvalue weighted by molar-refractivity contribution is 5.72. The molecule has 1 fully saturated rings. The van der Waals surface area contributed by atoms with Gasteiger partial charge in [0, 0.05) is 0 Å². The van der Waals surface area contributed by atoms with E-state index < -0.39 is 12.0 Å². The van der Waals surface area contributed by atoms with E-state index in [9.17, 15) is 9.18 Å². The predicted molar refractivity (Wildman–Crippen MR) is 71.5 cm³/mol. The van der Waals surface area contributed by atoms with E-state index in [0.717, 1.165) is 37.9 Å². The lowest BCUT2D eigenvalue weighted by molar-refractivity contribution is -0.143.